The van der Waals surface area contributed by atoms with Crippen molar-refractivity contribution in [3.63, 3.8) is 0 Å². The molecule has 7 heteroatoms. The van der Waals surface area contributed by atoms with Crippen molar-refractivity contribution in [3.8, 4) is 11.5 Å². The molecule has 0 spiro atoms. The SMILES string of the molecule is CCC[NH+](CC(=O)Nc1ccccc1C)CC(=O)Nc1ccc(OC)cc1OC. The van der Waals surface area contributed by atoms with E-state index in [2.05, 4.69) is 10.6 Å². The smallest absolute Gasteiger partial charge is 0.279 e. The van der Waals surface area contributed by atoms with Crippen molar-refractivity contribution >= 4 is 23.2 Å². The van der Waals surface area contributed by atoms with Gasteiger partial charge in [0.05, 0.1) is 26.5 Å². The molecule has 0 radical (unpaired) electrons. The number of quaternary nitrogens is 1. The zero-order chi connectivity index (χ0) is 21.2. The minimum Gasteiger partial charge on any atom is -0.497 e. The molecule has 29 heavy (non-hydrogen) atoms. The third-order valence-corrected chi connectivity index (χ3v) is 4.53. The van der Waals surface area contributed by atoms with Crippen LogP contribution in [-0.2, 0) is 9.59 Å². The van der Waals surface area contributed by atoms with Crippen LogP contribution in [0.4, 0.5) is 11.4 Å². The fraction of sp³-hybridized carbons (Fsp3) is 0.364. The van der Waals surface area contributed by atoms with Gasteiger partial charge in [0.2, 0.25) is 0 Å². The number of carbonyl (C=O) groups excluding carboxylic acids is 2. The molecule has 0 fully saturated rings. The van der Waals surface area contributed by atoms with Gasteiger partial charge in [-0.2, -0.15) is 0 Å². The summed E-state index contributed by atoms with van der Waals surface area (Å²) in [5.41, 5.74) is 2.36. The van der Waals surface area contributed by atoms with Gasteiger partial charge in [-0.15, -0.1) is 0 Å². The van der Waals surface area contributed by atoms with Gasteiger partial charge in [0.25, 0.3) is 11.8 Å². The molecule has 1 atom stereocenters. The Hall–Kier alpha value is -3.06. The van der Waals surface area contributed by atoms with Crippen molar-refractivity contribution in [2.24, 2.45) is 0 Å². The number of carbonyl (C=O) groups is 2. The van der Waals surface area contributed by atoms with Crippen molar-refractivity contribution < 1.29 is 24.0 Å². The number of benzene rings is 2. The van der Waals surface area contributed by atoms with Crippen LogP contribution in [0.15, 0.2) is 42.5 Å². The second-order valence-electron chi connectivity index (χ2n) is 6.83. The van der Waals surface area contributed by atoms with Crippen molar-refractivity contribution in [1.29, 1.82) is 0 Å². The molecule has 2 rings (SSSR count). The Labute approximate surface area is 172 Å². The molecule has 1 unspecified atom stereocenters. The van der Waals surface area contributed by atoms with Crippen LogP contribution in [0.2, 0.25) is 0 Å². The first-order valence-electron chi connectivity index (χ1n) is 9.67. The first-order valence-corrected chi connectivity index (χ1v) is 9.67. The highest BCUT2D eigenvalue weighted by Crippen LogP contribution is 2.28. The molecule has 0 aliphatic carbocycles. The number of anilines is 2. The molecule has 156 valence electrons. The van der Waals surface area contributed by atoms with E-state index in [1.165, 1.54) is 7.11 Å². The van der Waals surface area contributed by atoms with Gasteiger partial charge in [-0.05, 0) is 37.1 Å². The molecule has 0 aromatic heterocycles. The van der Waals surface area contributed by atoms with E-state index in [9.17, 15) is 9.59 Å². The Kier molecular flexibility index (Phi) is 8.48. The molecule has 0 saturated carbocycles. The zero-order valence-electron chi connectivity index (χ0n) is 17.5. The summed E-state index contributed by atoms with van der Waals surface area (Å²) in [5, 5.41) is 5.79. The Morgan fingerprint density at radius 3 is 2.17 bits per heavy atom. The van der Waals surface area contributed by atoms with Gasteiger partial charge in [-0.3, -0.25) is 9.59 Å². The molecular weight excluding hydrogens is 370 g/mol. The van der Waals surface area contributed by atoms with Gasteiger partial charge in [0.1, 0.15) is 11.5 Å². The molecule has 0 aliphatic heterocycles. The van der Waals surface area contributed by atoms with Crippen molar-refractivity contribution in [2.45, 2.75) is 20.3 Å². The monoisotopic (exact) mass is 400 g/mol. The van der Waals surface area contributed by atoms with Crippen molar-refractivity contribution in [2.75, 3.05) is 44.5 Å². The van der Waals surface area contributed by atoms with E-state index in [-0.39, 0.29) is 24.9 Å². The van der Waals surface area contributed by atoms with Gasteiger partial charge in [0, 0.05) is 11.8 Å². The number of aryl methyl sites for hydroxylation is 1. The average Bonchev–Trinajstić information content (AvgIpc) is 2.70. The normalized spacial score (nSPS) is 11.4. The average molecular weight is 400 g/mol. The van der Waals surface area contributed by atoms with Crippen LogP contribution < -0.4 is 25.0 Å². The number of para-hydroxylation sites is 1. The molecule has 0 heterocycles. The number of hydrogen-bond donors (Lipinski definition) is 3. The highest BCUT2D eigenvalue weighted by atomic mass is 16.5. The minimum atomic E-state index is -0.180. The Morgan fingerprint density at radius 2 is 1.59 bits per heavy atom. The quantitative estimate of drug-likeness (QED) is 0.569. The first-order chi connectivity index (χ1) is 14.0. The number of rotatable bonds is 10. The van der Waals surface area contributed by atoms with Crippen LogP contribution in [0.3, 0.4) is 0 Å². The van der Waals surface area contributed by atoms with Crippen molar-refractivity contribution in [1.82, 2.24) is 0 Å². The summed E-state index contributed by atoms with van der Waals surface area (Å²) in [5.74, 6) is 0.871. The molecule has 2 aromatic rings. The van der Waals surface area contributed by atoms with Crippen LogP contribution in [0.5, 0.6) is 11.5 Å². The summed E-state index contributed by atoms with van der Waals surface area (Å²) in [6.45, 7) is 5.10. The van der Waals surface area contributed by atoms with Gasteiger partial charge in [0.15, 0.2) is 13.1 Å². The maximum absolute atomic E-state index is 12.6. The molecule has 0 aliphatic rings. The lowest BCUT2D eigenvalue weighted by Crippen LogP contribution is -3.14. The molecule has 7 nitrogen and oxygen atoms in total. The number of methoxy groups -OCH3 is 2. The van der Waals surface area contributed by atoms with Crippen LogP contribution in [0.25, 0.3) is 0 Å². The van der Waals surface area contributed by atoms with Gasteiger partial charge in [-0.1, -0.05) is 25.1 Å². The van der Waals surface area contributed by atoms with E-state index in [1.54, 1.807) is 25.3 Å². The summed E-state index contributed by atoms with van der Waals surface area (Å²) in [7, 11) is 3.11. The highest BCUT2D eigenvalue weighted by Gasteiger charge is 2.19. The Morgan fingerprint density at radius 1 is 0.931 bits per heavy atom. The second-order valence-corrected chi connectivity index (χ2v) is 6.83. The van der Waals surface area contributed by atoms with Crippen molar-refractivity contribution in [3.05, 3.63) is 48.0 Å². The number of hydrogen-bond acceptors (Lipinski definition) is 4. The Bertz CT molecular complexity index is 839. The van der Waals surface area contributed by atoms with Crippen LogP contribution in [-0.4, -0.2) is 45.7 Å². The zero-order valence-corrected chi connectivity index (χ0v) is 17.5. The van der Waals surface area contributed by atoms with Gasteiger partial charge < -0.3 is 25.0 Å². The van der Waals surface area contributed by atoms with E-state index in [4.69, 9.17) is 9.47 Å². The number of amides is 2. The topological polar surface area (TPSA) is 81.1 Å². The summed E-state index contributed by atoms with van der Waals surface area (Å²) in [6, 6.07) is 12.8. The summed E-state index contributed by atoms with van der Waals surface area (Å²) in [4.78, 5) is 25.9. The molecule has 0 saturated heterocycles. The largest absolute Gasteiger partial charge is 0.497 e. The maximum Gasteiger partial charge on any atom is 0.279 e. The van der Waals surface area contributed by atoms with Crippen LogP contribution >= 0.6 is 0 Å². The number of nitrogens with one attached hydrogen (secondary N) is 3. The standard InChI is InChI=1S/C22H29N3O4/c1-5-12-25(14-21(26)23-18-9-7-6-8-16(18)2)15-22(27)24-19-11-10-17(28-3)13-20(19)29-4/h6-11,13H,5,12,14-15H2,1-4H3,(H,23,26)(H,24,27)/p+1. The van der Waals surface area contributed by atoms with Crippen LogP contribution in [0, 0.1) is 6.92 Å². The van der Waals surface area contributed by atoms with Crippen LogP contribution in [0.1, 0.15) is 18.9 Å². The summed E-state index contributed by atoms with van der Waals surface area (Å²) < 4.78 is 10.5. The third kappa shape index (κ3) is 6.80. The van der Waals surface area contributed by atoms with Gasteiger partial charge >= 0.3 is 0 Å². The van der Waals surface area contributed by atoms with E-state index in [0.29, 0.717) is 23.7 Å². The fourth-order valence-corrected chi connectivity index (χ4v) is 3.05. The second kappa shape index (κ2) is 11.1. The van der Waals surface area contributed by atoms with E-state index >= 15 is 0 Å². The molecular formula is C22H30N3O4+. The maximum atomic E-state index is 12.6. The molecule has 3 N–H and O–H groups in total. The molecule has 2 aromatic carbocycles. The number of ether oxygens (including phenoxy) is 2. The lowest BCUT2D eigenvalue weighted by Gasteiger charge is -2.19. The Balaban J connectivity index is 1.98. The third-order valence-electron chi connectivity index (χ3n) is 4.53. The van der Waals surface area contributed by atoms with E-state index < -0.39 is 0 Å². The minimum absolute atomic E-state index is 0.113. The fourth-order valence-electron chi connectivity index (χ4n) is 3.05. The summed E-state index contributed by atoms with van der Waals surface area (Å²) in [6.07, 6.45) is 0.867. The predicted octanol–water partition coefficient (Wildman–Crippen LogP) is 1.88. The lowest BCUT2D eigenvalue weighted by molar-refractivity contribution is -0.883. The highest BCUT2D eigenvalue weighted by molar-refractivity contribution is 5.94. The molecule has 2 amide bonds. The van der Waals surface area contributed by atoms with E-state index in [0.717, 1.165) is 22.6 Å². The summed E-state index contributed by atoms with van der Waals surface area (Å²) >= 11 is 0. The van der Waals surface area contributed by atoms with Gasteiger partial charge in [-0.25, -0.2) is 0 Å². The van der Waals surface area contributed by atoms with E-state index in [1.807, 2.05) is 38.1 Å². The first kappa shape index (κ1) is 22.2. The predicted molar refractivity (Wildman–Crippen MR) is 114 cm³/mol. The lowest BCUT2D eigenvalue weighted by atomic mass is 10.2. The molecule has 0 bridgehead atoms.